The molecule has 2 heterocycles. The largest absolute Gasteiger partial charge is 0.390 e. The maximum absolute atomic E-state index is 14.5. The molecule has 1 unspecified atom stereocenters. The molecule has 8 rings (SSSR count). The van der Waals surface area contributed by atoms with E-state index in [1.165, 1.54) is 6.42 Å². The lowest BCUT2D eigenvalue weighted by Crippen LogP contribution is -2.56. The van der Waals surface area contributed by atoms with Crippen molar-refractivity contribution >= 4 is 22.8 Å². The average molecular weight is 751 g/mol. The minimum Gasteiger partial charge on any atom is -0.390 e. The van der Waals surface area contributed by atoms with Gasteiger partial charge in [0.2, 0.25) is 5.91 Å². The SMILES string of the molecule is O=C(NC(Cc1cn(C(c2ccccc2)(c2ccccc2)c2ccccc2)cn1)C(=O)N[C@@H](CC1CCCCC1)[C@@H](O)[C@@H](O)C1CC1)c1nc2ccccc2[nH]1. The van der Waals surface area contributed by atoms with Crippen LogP contribution in [-0.2, 0) is 16.8 Å². The van der Waals surface area contributed by atoms with Gasteiger partial charge in [-0.2, -0.15) is 0 Å². The number of fused-ring (bicyclic) bond motifs is 1. The summed E-state index contributed by atoms with van der Waals surface area (Å²) in [6.45, 7) is 0. The van der Waals surface area contributed by atoms with E-state index in [-0.39, 0.29) is 18.2 Å². The van der Waals surface area contributed by atoms with E-state index >= 15 is 0 Å². The van der Waals surface area contributed by atoms with Gasteiger partial charge in [0.15, 0.2) is 5.82 Å². The number of nitrogens with zero attached hydrogens (tertiary/aromatic N) is 3. The van der Waals surface area contributed by atoms with E-state index in [1.54, 1.807) is 6.33 Å². The van der Waals surface area contributed by atoms with E-state index in [2.05, 4.69) is 61.6 Å². The molecule has 0 radical (unpaired) electrons. The van der Waals surface area contributed by atoms with Gasteiger partial charge in [0.05, 0.1) is 35.2 Å². The molecule has 4 aromatic carbocycles. The van der Waals surface area contributed by atoms with Crippen LogP contribution in [0, 0.1) is 11.8 Å². The van der Waals surface area contributed by atoms with Crippen LogP contribution < -0.4 is 10.6 Å². The molecule has 0 aliphatic heterocycles. The lowest BCUT2D eigenvalue weighted by atomic mass is 9.77. The van der Waals surface area contributed by atoms with Gasteiger partial charge in [-0.3, -0.25) is 9.59 Å². The number of amides is 2. The van der Waals surface area contributed by atoms with Crippen molar-refractivity contribution in [3.05, 3.63) is 156 Å². The van der Waals surface area contributed by atoms with Crippen LogP contribution in [0.15, 0.2) is 128 Å². The van der Waals surface area contributed by atoms with Gasteiger partial charge < -0.3 is 30.4 Å². The molecule has 10 heteroatoms. The molecular formula is C46H50N6O4. The Hall–Kier alpha value is -5.58. The number of imidazole rings is 2. The second-order valence-electron chi connectivity index (χ2n) is 15.6. The third-order valence-corrected chi connectivity index (χ3v) is 11.7. The summed E-state index contributed by atoms with van der Waals surface area (Å²) in [5, 5.41) is 28.7. The number of nitrogens with one attached hydrogen (secondary N) is 3. The molecule has 5 N–H and O–H groups in total. The first-order chi connectivity index (χ1) is 27.4. The van der Waals surface area contributed by atoms with Gasteiger partial charge in [-0.1, -0.05) is 135 Å². The fourth-order valence-corrected chi connectivity index (χ4v) is 8.65. The Labute approximate surface area is 327 Å². The zero-order valence-electron chi connectivity index (χ0n) is 31.5. The lowest BCUT2D eigenvalue weighted by Gasteiger charge is -2.37. The summed E-state index contributed by atoms with van der Waals surface area (Å²) in [6.07, 6.45) is 9.49. The third kappa shape index (κ3) is 7.90. The van der Waals surface area contributed by atoms with Crippen molar-refractivity contribution < 1.29 is 19.8 Å². The summed E-state index contributed by atoms with van der Waals surface area (Å²) >= 11 is 0. The molecule has 2 aromatic heterocycles. The molecule has 288 valence electrons. The van der Waals surface area contributed by atoms with Crippen LogP contribution in [0.2, 0.25) is 0 Å². The van der Waals surface area contributed by atoms with Gasteiger partial charge in [0.1, 0.15) is 17.7 Å². The van der Waals surface area contributed by atoms with Crippen LogP contribution in [-0.4, -0.2) is 65.8 Å². The van der Waals surface area contributed by atoms with Gasteiger partial charge in [-0.15, -0.1) is 0 Å². The molecule has 6 aromatic rings. The monoisotopic (exact) mass is 750 g/mol. The number of aromatic nitrogens is 4. The minimum atomic E-state index is -1.12. The number of benzene rings is 4. The van der Waals surface area contributed by atoms with Crippen molar-refractivity contribution in [3.63, 3.8) is 0 Å². The zero-order valence-corrected chi connectivity index (χ0v) is 31.5. The standard InChI is InChI=1S/C46H50N6O4/c53-41(32-25-26-32)42(54)39(27-31-15-5-1-6-16-31)50-44(55)40(51-45(56)43-48-37-23-13-14-24-38(37)49-43)28-36-29-52(30-47-36)46(33-17-7-2-8-18-33,34-19-9-3-10-20-34)35-21-11-4-12-22-35/h2-4,7-14,17-24,29-32,39-42,53-54H,1,5-6,15-16,25-28H2,(H,48,49)(H,50,55)(H,51,56)/t39-,40?,41-,42+/m0/s1. The van der Waals surface area contributed by atoms with Crippen molar-refractivity contribution in [2.24, 2.45) is 11.8 Å². The Kier molecular flexibility index (Phi) is 11.1. The van der Waals surface area contributed by atoms with Crippen LogP contribution in [0.5, 0.6) is 0 Å². The maximum atomic E-state index is 14.5. The highest BCUT2D eigenvalue weighted by Crippen LogP contribution is 2.41. The molecule has 0 bridgehead atoms. The Bertz CT molecular complexity index is 2080. The first kappa shape index (κ1) is 37.3. The van der Waals surface area contributed by atoms with Gasteiger partial charge in [-0.25, -0.2) is 9.97 Å². The number of carbonyl (C=O) groups is 2. The molecule has 2 saturated carbocycles. The zero-order chi connectivity index (χ0) is 38.5. The molecule has 10 nitrogen and oxygen atoms in total. The topological polar surface area (TPSA) is 145 Å². The summed E-state index contributed by atoms with van der Waals surface area (Å²) in [5.74, 6) is -0.532. The number of aromatic amines is 1. The highest BCUT2D eigenvalue weighted by molar-refractivity contribution is 5.97. The average Bonchev–Trinajstić information content (AvgIpc) is 3.84. The van der Waals surface area contributed by atoms with Crippen molar-refractivity contribution in [2.45, 2.75) is 87.6 Å². The van der Waals surface area contributed by atoms with Gasteiger partial charge in [0, 0.05) is 12.6 Å². The summed E-state index contributed by atoms with van der Waals surface area (Å²) in [4.78, 5) is 40.9. The van der Waals surface area contributed by atoms with Gasteiger partial charge in [0.25, 0.3) is 5.91 Å². The number of rotatable bonds is 15. The van der Waals surface area contributed by atoms with Crippen LogP contribution in [0.25, 0.3) is 11.0 Å². The van der Waals surface area contributed by atoms with E-state index in [4.69, 9.17) is 4.98 Å². The van der Waals surface area contributed by atoms with E-state index in [0.717, 1.165) is 55.2 Å². The molecule has 2 aliphatic carbocycles. The minimum absolute atomic E-state index is 0.0300. The normalized spacial score (nSPS) is 17.2. The number of aliphatic hydroxyl groups is 2. The van der Waals surface area contributed by atoms with Gasteiger partial charge >= 0.3 is 0 Å². The maximum Gasteiger partial charge on any atom is 0.287 e. The fourth-order valence-electron chi connectivity index (χ4n) is 8.65. The van der Waals surface area contributed by atoms with Crippen molar-refractivity contribution in [1.82, 2.24) is 30.2 Å². The molecule has 0 spiro atoms. The van der Waals surface area contributed by atoms with Gasteiger partial charge in [-0.05, 0) is 59.9 Å². The highest BCUT2D eigenvalue weighted by atomic mass is 16.3. The molecule has 2 fully saturated rings. The van der Waals surface area contributed by atoms with Crippen LogP contribution in [0.1, 0.15) is 84.4 Å². The second-order valence-corrected chi connectivity index (χ2v) is 15.6. The van der Waals surface area contributed by atoms with Crippen LogP contribution >= 0.6 is 0 Å². The third-order valence-electron chi connectivity index (χ3n) is 11.7. The van der Waals surface area contributed by atoms with Crippen LogP contribution in [0.3, 0.4) is 0 Å². The fraction of sp³-hybridized carbons (Fsp3) is 0.348. The quantitative estimate of drug-likeness (QED) is 0.0756. The van der Waals surface area contributed by atoms with Crippen molar-refractivity contribution in [1.29, 1.82) is 0 Å². The first-order valence-corrected chi connectivity index (χ1v) is 20.0. The molecule has 56 heavy (non-hydrogen) atoms. The number of aliphatic hydroxyl groups excluding tert-OH is 2. The number of carbonyl (C=O) groups excluding carboxylic acids is 2. The molecule has 4 atom stereocenters. The lowest BCUT2D eigenvalue weighted by molar-refractivity contribution is -0.125. The van der Waals surface area contributed by atoms with E-state index in [0.29, 0.717) is 29.1 Å². The summed E-state index contributed by atoms with van der Waals surface area (Å²) < 4.78 is 2.08. The molecular weight excluding hydrogens is 701 g/mol. The number of H-pyrrole nitrogens is 1. The number of hydrogen-bond donors (Lipinski definition) is 5. The predicted molar refractivity (Wildman–Crippen MR) is 216 cm³/mol. The number of para-hydroxylation sites is 2. The Morgan fingerprint density at radius 2 is 1.36 bits per heavy atom. The Balaban J connectivity index is 1.15. The summed E-state index contributed by atoms with van der Waals surface area (Å²) in [7, 11) is 0. The smallest absolute Gasteiger partial charge is 0.287 e. The van der Waals surface area contributed by atoms with Crippen LogP contribution in [0.4, 0.5) is 0 Å². The number of hydrogen-bond acceptors (Lipinski definition) is 6. The highest BCUT2D eigenvalue weighted by Gasteiger charge is 2.41. The predicted octanol–water partition coefficient (Wildman–Crippen LogP) is 6.53. The second kappa shape index (κ2) is 16.6. The van der Waals surface area contributed by atoms with Crippen molar-refractivity contribution in [2.75, 3.05) is 0 Å². The molecule has 2 amide bonds. The van der Waals surface area contributed by atoms with E-state index in [1.807, 2.05) is 85.1 Å². The summed E-state index contributed by atoms with van der Waals surface area (Å²) in [6, 6.07) is 36.5. The molecule has 0 saturated heterocycles. The van der Waals surface area contributed by atoms with Crippen molar-refractivity contribution in [3.8, 4) is 0 Å². The van der Waals surface area contributed by atoms with E-state index in [9.17, 15) is 19.8 Å². The Morgan fingerprint density at radius 3 is 1.95 bits per heavy atom. The Morgan fingerprint density at radius 1 is 0.768 bits per heavy atom. The first-order valence-electron chi connectivity index (χ1n) is 20.0. The summed E-state index contributed by atoms with van der Waals surface area (Å²) in [5.41, 5.74) is 4.22. The molecule has 2 aliphatic rings. The van der Waals surface area contributed by atoms with E-state index < -0.39 is 41.6 Å².